The highest BCUT2D eigenvalue weighted by atomic mass is 32.2. The van der Waals surface area contributed by atoms with Gasteiger partial charge in [0.2, 0.25) is 0 Å². The van der Waals surface area contributed by atoms with Crippen molar-refractivity contribution >= 4 is 26.8 Å². The summed E-state index contributed by atoms with van der Waals surface area (Å²) < 4.78 is 25.2. The van der Waals surface area contributed by atoms with E-state index in [4.69, 9.17) is 9.97 Å². The van der Waals surface area contributed by atoms with Gasteiger partial charge in [0, 0.05) is 24.4 Å². The van der Waals surface area contributed by atoms with Gasteiger partial charge in [-0.15, -0.1) is 0 Å². The summed E-state index contributed by atoms with van der Waals surface area (Å²) in [6, 6.07) is 3.07. The molecule has 0 amide bonds. The molecular formula is C27H30N8O3S. The molecule has 2 aliphatic rings. The molecule has 12 heteroatoms. The van der Waals surface area contributed by atoms with Crippen molar-refractivity contribution in [2.75, 3.05) is 11.6 Å². The molecule has 2 saturated carbocycles. The van der Waals surface area contributed by atoms with Crippen molar-refractivity contribution in [3.05, 3.63) is 57.8 Å². The van der Waals surface area contributed by atoms with Crippen LogP contribution in [-0.2, 0) is 16.4 Å². The van der Waals surface area contributed by atoms with Gasteiger partial charge in [-0.1, -0.05) is 0 Å². The fourth-order valence-corrected chi connectivity index (χ4v) is 5.52. The molecule has 0 radical (unpaired) electrons. The second-order valence-corrected chi connectivity index (χ2v) is 12.6. The average Bonchev–Trinajstić information content (AvgIpc) is 3.81. The third kappa shape index (κ3) is 4.88. The monoisotopic (exact) mass is 546 g/mol. The lowest BCUT2D eigenvalue weighted by Crippen LogP contribution is -2.30. The SMILES string of the molecule is Cc1ncnc(C2CC2)c1-c1nc(C)c2nc(NCc3ccc(S(C)(=O)=O)cn3)c(=O)n([C@@H](C)C3CC3)c2n1. The maximum absolute atomic E-state index is 13.8. The minimum atomic E-state index is -3.34. The van der Waals surface area contributed by atoms with E-state index in [2.05, 4.69) is 32.2 Å². The van der Waals surface area contributed by atoms with Crippen LogP contribution in [0, 0.1) is 19.8 Å². The van der Waals surface area contributed by atoms with Crippen molar-refractivity contribution in [2.45, 2.75) is 69.9 Å². The summed E-state index contributed by atoms with van der Waals surface area (Å²) in [7, 11) is -3.34. The Balaban J connectivity index is 1.44. The molecule has 1 atom stereocenters. The minimum absolute atomic E-state index is 0.0612. The third-order valence-electron chi connectivity index (χ3n) is 7.54. The highest BCUT2D eigenvalue weighted by Gasteiger charge is 2.33. The van der Waals surface area contributed by atoms with Gasteiger partial charge >= 0.3 is 0 Å². The predicted octanol–water partition coefficient (Wildman–Crippen LogP) is 3.52. The van der Waals surface area contributed by atoms with Gasteiger partial charge in [0.25, 0.3) is 5.56 Å². The van der Waals surface area contributed by atoms with Crippen molar-refractivity contribution < 1.29 is 8.42 Å². The molecule has 6 rings (SSSR count). The Morgan fingerprint density at radius 1 is 1.03 bits per heavy atom. The van der Waals surface area contributed by atoms with Crippen LogP contribution < -0.4 is 10.9 Å². The first-order valence-corrected chi connectivity index (χ1v) is 15.0. The van der Waals surface area contributed by atoms with E-state index in [9.17, 15) is 13.2 Å². The van der Waals surface area contributed by atoms with Crippen molar-refractivity contribution in [1.82, 2.24) is 34.5 Å². The number of aromatic nitrogens is 7. The molecule has 0 aliphatic heterocycles. The summed E-state index contributed by atoms with van der Waals surface area (Å²) in [6.45, 7) is 6.08. The molecule has 1 N–H and O–H groups in total. The van der Waals surface area contributed by atoms with E-state index >= 15 is 0 Å². The molecule has 0 aromatic carbocycles. The first-order valence-electron chi connectivity index (χ1n) is 13.1. The van der Waals surface area contributed by atoms with Crippen molar-refractivity contribution in [2.24, 2.45) is 5.92 Å². The Hall–Kier alpha value is -3.80. The van der Waals surface area contributed by atoms with E-state index in [0.717, 1.165) is 48.9 Å². The maximum atomic E-state index is 13.8. The van der Waals surface area contributed by atoms with Gasteiger partial charge in [-0.3, -0.25) is 14.3 Å². The molecule has 39 heavy (non-hydrogen) atoms. The molecular weight excluding hydrogens is 516 g/mol. The number of hydrogen-bond acceptors (Lipinski definition) is 10. The van der Waals surface area contributed by atoms with Crippen LogP contribution in [0.1, 0.15) is 67.3 Å². The van der Waals surface area contributed by atoms with Crippen LogP contribution in [0.15, 0.2) is 34.3 Å². The number of nitrogens with one attached hydrogen (secondary N) is 1. The topological polar surface area (TPSA) is 146 Å². The molecule has 0 unspecified atom stereocenters. The zero-order valence-electron chi connectivity index (χ0n) is 22.3. The Kier molecular flexibility index (Phi) is 6.17. The molecule has 11 nitrogen and oxygen atoms in total. The first-order chi connectivity index (χ1) is 18.6. The van der Waals surface area contributed by atoms with Crippen LogP contribution in [0.3, 0.4) is 0 Å². The number of hydrogen-bond donors (Lipinski definition) is 1. The number of nitrogens with zero attached hydrogens (tertiary/aromatic N) is 7. The number of fused-ring (bicyclic) bond motifs is 1. The first kappa shape index (κ1) is 25.5. The van der Waals surface area contributed by atoms with Crippen LogP contribution in [-0.4, -0.2) is 49.1 Å². The third-order valence-corrected chi connectivity index (χ3v) is 8.64. The van der Waals surface area contributed by atoms with E-state index in [-0.39, 0.29) is 28.9 Å². The molecule has 2 fully saturated rings. The smallest absolute Gasteiger partial charge is 0.295 e. The summed E-state index contributed by atoms with van der Waals surface area (Å²) in [6.07, 6.45) is 8.34. The molecule has 2 aliphatic carbocycles. The van der Waals surface area contributed by atoms with Gasteiger partial charge < -0.3 is 5.32 Å². The normalized spacial score (nSPS) is 16.4. The minimum Gasteiger partial charge on any atom is -0.360 e. The average molecular weight is 547 g/mol. The highest BCUT2D eigenvalue weighted by Crippen LogP contribution is 2.44. The molecule has 4 aromatic rings. The Morgan fingerprint density at radius 2 is 1.79 bits per heavy atom. The second-order valence-electron chi connectivity index (χ2n) is 10.6. The van der Waals surface area contributed by atoms with Gasteiger partial charge in [0.05, 0.1) is 39.8 Å². The Bertz CT molecular complexity index is 1760. The zero-order valence-corrected chi connectivity index (χ0v) is 23.2. The number of rotatable bonds is 8. The van der Waals surface area contributed by atoms with Crippen LogP contribution in [0.25, 0.3) is 22.6 Å². The van der Waals surface area contributed by atoms with Crippen LogP contribution in [0.2, 0.25) is 0 Å². The largest absolute Gasteiger partial charge is 0.360 e. The van der Waals surface area contributed by atoms with E-state index < -0.39 is 9.84 Å². The Labute approximate surface area is 226 Å². The van der Waals surface area contributed by atoms with Crippen LogP contribution in [0.4, 0.5) is 5.82 Å². The molecule has 4 aromatic heterocycles. The molecule has 0 saturated heterocycles. The van der Waals surface area contributed by atoms with Crippen molar-refractivity contribution in [3.63, 3.8) is 0 Å². The van der Waals surface area contributed by atoms with Crippen LogP contribution in [0.5, 0.6) is 0 Å². The maximum Gasteiger partial charge on any atom is 0.295 e. The van der Waals surface area contributed by atoms with Gasteiger partial charge in [-0.05, 0) is 64.5 Å². The number of sulfone groups is 1. The highest BCUT2D eigenvalue weighted by molar-refractivity contribution is 7.90. The number of aryl methyl sites for hydroxylation is 2. The zero-order chi connectivity index (χ0) is 27.5. The molecule has 0 bridgehead atoms. The van der Waals surface area contributed by atoms with Gasteiger partial charge in [0.15, 0.2) is 27.1 Å². The van der Waals surface area contributed by atoms with Gasteiger partial charge in [-0.25, -0.2) is 33.3 Å². The molecule has 4 heterocycles. The van der Waals surface area contributed by atoms with Crippen molar-refractivity contribution in [3.8, 4) is 11.4 Å². The molecule has 0 spiro atoms. The fraction of sp³-hybridized carbons (Fsp3) is 0.444. The van der Waals surface area contributed by atoms with Crippen molar-refractivity contribution in [1.29, 1.82) is 0 Å². The van der Waals surface area contributed by atoms with Gasteiger partial charge in [0.1, 0.15) is 11.8 Å². The number of anilines is 1. The summed E-state index contributed by atoms with van der Waals surface area (Å²) in [5, 5.41) is 3.12. The lowest BCUT2D eigenvalue weighted by molar-refractivity contribution is 0.482. The summed E-state index contributed by atoms with van der Waals surface area (Å²) in [4.78, 5) is 41.6. The van der Waals surface area contributed by atoms with E-state index in [0.29, 0.717) is 40.2 Å². The lowest BCUT2D eigenvalue weighted by Gasteiger charge is -2.20. The van der Waals surface area contributed by atoms with Crippen LogP contribution >= 0.6 is 0 Å². The van der Waals surface area contributed by atoms with E-state index in [1.807, 2.05) is 13.8 Å². The lowest BCUT2D eigenvalue weighted by atomic mass is 10.1. The molecule has 202 valence electrons. The second kappa shape index (κ2) is 9.44. The quantitative estimate of drug-likeness (QED) is 0.348. The fourth-order valence-electron chi connectivity index (χ4n) is 4.96. The van der Waals surface area contributed by atoms with Gasteiger partial charge in [-0.2, -0.15) is 0 Å². The summed E-state index contributed by atoms with van der Waals surface area (Å²) in [5.41, 5.74) is 4.66. The Morgan fingerprint density at radius 3 is 2.44 bits per heavy atom. The summed E-state index contributed by atoms with van der Waals surface area (Å²) >= 11 is 0. The standard InChI is InChI=1S/C27H30N8O3S/c1-14-21(23(18-7-8-18)31-13-30-14)24-32-15(2)22-26(34-24)35(16(3)17-5-6-17)27(36)25(33-22)29-11-19-9-10-20(12-28-19)39(4,37)38/h9-10,12-13,16-18H,5-8,11H2,1-4H3,(H,29,33)/t16-/m0/s1. The predicted molar refractivity (Wildman–Crippen MR) is 146 cm³/mol. The van der Waals surface area contributed by atoms with E-state index in [1.165, 1.54) is 12.3 Å². The summed E-state index contributed by atoms with van der Waals surface area (Å²) in [5.74, 6) is 1.49. The van der Waals surface area contributed by atoms with E-state index in [1.54, 1.807) is 17.0 Å². The number of pyridine rings is 1.